The lowest BCUT2D eigenvalue weighted by atomic mass is 9.84. The smallest absolute Gasteiger partial charge is 0.305 e. The lowest BCUT2D eigenvalue weighted by Gasteiger charge is -2.33. The molecule has 2 unspecified atom stereocenters. The zero-order valence-corrected chi connectivity index (χ0v) is 10.6. The summed E-state index contributed by atoms with van der Waals surface area (Å²) >= 11 is 0. The molecule has 0 aromatic heterocycles. The Labute approximate surface area is 106 Å². The lowest BCUT2D eigenvalue weighted by molar-refractivity contribution is -0.144. The van der Waals surface area contributed by atoms with Gasteiger partial charge in [0.05, 0.1) is 25.0 Å². The van der Waals surface area contributed by atoms with Crippen LogP contribution in [0.1, 0.15) is 26.2 Å². The SMILES string of the molecule is CC1(C(=O)N(CCC(=O)O)C2CC2)COCC1N. The van der Waals surface area contributed by atoms with Crippen molar-refractivity contribution in [2.24, 2.45) is 11.1 Å². The second-order valence-electron chi connectivity index (χ2n) is 5.41. The van der Waals surface area contributed by atoms with Gasteiger partial charge in [-0.05, 0) is 19.8 Å². The van der Waals surface area contributed by atoms with Crippen LogP contribution in [0.4, 0.5) is 0 Å². The first-order chi connectivity index (χ1) is 8.45. The molecule has 1 saturated carbocycles. The van der Waals surface area contributed by atoms with E-state index in [0.29, 0.717) is 13.2 Å². The van der Waals surface area contributed by atoms with Gasteiger partial charge in [0.2, 0.25) is 5.91 Å². The molecule has 1 heterocycles. The molecule has 2 aliphatic rings. The summed E-state index contributed by atoms with van der Waals surface area (Å²) in [5.74, 6) is -0.943. The Kier molecular flexibility index (Phi) is 3.59. The molecule has 0 radical (unpaired) electrons. The number of nitrogens with two attached hydrogens (primary N) is 1. The number of carbonyl (C=O) groups is 2. The van der Waals surface area contributed by atoms with E-state index in [2.05, 4.69) is 0 Å². The van der Waals surface area contributed by atoms with Gasteiger partial charge in [0, 0.05) is 18.6 Å². The number of hydrogen-bond donors (Lipinski definition) is 2. The highest BCUT2D eigenvalue weighted by Crippen LogP contribution is 2.35. The Morgan fingerprint density at radius 3 is 2.61 bits per heavy atom. The van der Waals surface area contributed by atoms with Crippen molar-refractivity contribution in [2.75, 3.05) is 19.8 Å². The third-order valence-electron chi connectivity index (χ3n) is 3.82. The van der Waals surface area contributed by atoms with Crippen LogP contribution in [-0.2, 0) is 14.3 Å². The summed E-state index contributed by atoms with van der Waals surface area (Å²) in [6.07, 6.45) is 1.89. The van der Waals surface area contributed by atoms with Gasteiger partial charge in [-0.25, -0.2) is 0 Å². The van der Waals surface area contributed by atoms with E-state index in [1.165, 1.54) is 0 Å². The van der Waals surface area contributed by atoms with Crippen molar-refractivity contribution in [3.05, 3.63) is 0 Å². The van der Waals surface area contributed by atoms with Gasteiger partial charge in [-0.3, -0.25) is 9.59 Å². The van der Waals surface area contributed by atoms with E-state index in [0.717, 1.165) is 12.8 Å². The van der Waals surface area contributed by atoms with E-state index < -0.39 is 11.4 Å². The molecule has 3 N–H and O–H groups in total. The van der Waals surface area contributed by atoms with Crippen molar-refractivity contribution < 1.29 is 19.4 Å². The molecular formula is C12H20N2O4. The molecule has 0 aromatic rings. The monoisotopic (exact) mass is 256 g/mol. The van der Waals surface area contributed by atoms with Gasteiger partial charge in [-0.15, -0.1) is 0 Å². The maximum absolute atomic E-state index is 12.5. The summed E-state index contributed by atoms with van der Waals surface area (Å²) < 4.78 is 5.28. The predicted molar refractivity (Wildman–Crippen MR) is 63.9 cm³/mol. The Hall–Kier alpha value is -1.14. The van der Waals surface area contributed by atoms with E-state index in [4.69, 9.17) is 15.6 Å². The molecular weight excluding hydrogens is 236 g/mol. The minimum Gasteiger partial charge on any atom is -0.481 e. The maximum atomic E-state index is 12.5. The first-order valence-electron chi connectivity index (χ1n) is 6.31. The molecule has 6 heteroatoms. The number of nitrogens with zero attached hydrogens (tertiary/aromatic N) is 1. The molecule has 18 heavy (non-hydrogen) atoms. The van der Waals surface area contributed by atoms with Gasteiger partial charge in [0.25, 0.3) is 0 Å². The van der Waals surface area contributed by atoms with Crippen LogP contribution in [0.2, 0.25) is 0 Å². The molecule has 0 spiro atoms. The maximum Gasteiger partial charge on any atom is 0.305 e. The van der Waals surface area contributed by atoms with Crippen molar-refractivity contribution in [2.45, 2.75) is 38.3 Å². The largest absolute Gasteiger partial charge is 0.481 e. The normalized spacial score (nSPS) is 31.3. The van der Waals surface area contributed by atoms with Gasteiger partial charge >= 0.3 is 5.97 Å². The fraction of sp³-hybridized carbons (Fsp3) is 0.833. The van der Waals surface area contributed by atoms with Crippen molar-refractivity contribution in [1.29, 1.82) is 0 Å². The average molecular weight is 256 g/mol. The molecule has 6 nitrogen and oxygen atoms in total. The summed E-state index contributed by atoms with van der Waals surface area (Å²) in [5, 5.41) is 8.74. The zero-order chi connectivity index (χ0) is 13.3. The molecule has 2 atom stereocenters. The van der Waals surface area contributed by atoms with Crippen LogP contribution in [0.5, 0.6) is 0 Å². The summed E-state index contributed by atoms with van der Waals surface area (Å²) in [5.41, 5.74) is 5.23. The minimum atomic E-state index is -0.884. The predicted octanol–water partition coefficient (Wildman–Crippen LogP) is -0.184. The van der Waals surface area contributed by atoms with Crippen molar-refractivity contribution in [1.82, 2.24) is 4.90 Å². The summed E-state index contributed by atoms with van der Waals surface area (Å²) in [7, 11) is 0. The van der Waals surface area contributed by atoms with Gasteiger partial charge in [0.1, 0.15) is 0 Å². The van der Waals surface area contributed by atoms with E-state index in [-0.39, 0.29) is 31.0 Å². The fourth-order valence-corrected chi connectivity index (χ4v) is 2.29. The highest BCUT2D eigenvalue weighted by molar-refractivity contribution is 5.84. The summed E-state index contributed by atoms with van der Waals surface area (Å²) in [4.78, 5) is 24.9. The van der Waals surface area contributed by atoms with Crippen molar-refractivity contribution in [3.8, 4) is 0 Å². The number of carboxylic acid groups (broad SMARTS) is 1. The molecule has 1 amide bonds. The van der Waals surface area contributed by atoms with E-state index in [1.54, 1.807) is 4.90 Å². The molecule has 1 saturated heterocycles. The van der Waals surface area contributed by atoms with Crippen LogP contribution in [0.3, 0.4) is 0 Å². The quantitative estimate of drug-likeness (QED) is 0.711. The number of rotatable bonds is 5. The van der Waals surface area contributed by atoms with Crippen LogP contribution in [-0.4, -0.2) is 53.7 Å². The fourth-order valence-electron chi connectivity index (χ4n) is 2.29. The number of aliphatic carboxylic acids is 1. The number of carboxylic acids is 1. The minimum absolute atomic E-state index is 0.0194. The highest BCUT2D eigenvalue weighted by Gasteiger charge is 2.48. The zero-order valence-electron chi connectivity index (χ0n) is 10.6. The highest BCUT2D eigenvalue weighted by atomic mass is 16.5. The van der Waals surface area contributed by atoms with Gasteiger partial charge < -0.3 is 20.5 Å². The molecule has 2 rings (SSSR count). The topological polar surface area (TPSA) is 92.9 Å². The van der Waals surface area contributed by atoms with E-state index in [9.17, 15) is 9.59 Å². The Bertz CT molecular complexity index is 356. The van der Waals surface area contributed by atoms with E-state index in [1.807, 2.05) is 6.92 Å². The van der Waals surface area contributed by atoms with Crippen LogP contribution in [0.25, 0.3) is 0 Å². The third-order valence-corrected chi connectivity index (χ3v) is 3.82. The van der Waals surface area contributed by atoms with Gasteiger partial charge in [0.15, 0.2) is 0 Å². The standard InChI is InChI=1S/C12H20N2O4/c1-12(7-18-6-9(12)13)11(17)14(8-2-3-8)5-4-10(15)16/h8-9H,2-7,13H2,1H3,(H,15,16). The Morgan fingerprint density at radius 1 is 1.50 bits per heavy atom. The second-order valence-corrected chi connectivity index (χ2v) is 5.41. The molecule has 2 fully saturated rings. The Morgan fingerprint density at radius 2 is 2.17 bits per heavy atom. The average Bonchev–Trinajstić information content (AvgIpc) is 3.07. The van der Waals surface area contributed by atoms with Crippen molar-refractivity contribution in [3.63, 3.8) is 0 Å². The number of hydrogen-bond acceptors (Lipinski definition) is 4. The summed E-state index contributed by atoms with van der Waals surface area (Å²) in [6.45, 7) is 2.78. The third kappa shape index (κ3) is 2.49. The lowest BCUT2D eigenvalue weighted by Crippen LogP contribution is -2.52. The van der Waals surface area contributed by atoms with Gasteiger partial charge in [-0.2, -0.15) is 0 Å². The molecule has 1 aliphatic carbocycles. The molecule has 102 valence electrons. The number of amides is 1. The number of ether oxygens (including phenoxy) is 1. The first kappa shape index (κ1) is 13.3. The van der Waals surface area contributed by atoms with Crippen LogP contribution >= 0.6 is 0 Å². The van der Waals surface area contributed by atoms with Gasteiger partial charge in [-0.1, -0.05) is 0 Å². The Balaban J connectivity index is 2.05. The van der Waals surface area contributed by atoms with E-state index >= 15 is 0 Å². The van der Waals surface area contributed by atoms with Crippen molar-refractivity contribution >= 4 is 11.9 Å². The van der Waals surface area contributed by atoms with Crippen LogP contribution in [0.15, 0.2) is 0 Å². The van der Waals surface area contributed by atoms with Crippen LogP contribution in [0, 0.1) is 5.41 Å². The second kappa shape index (κ2) is 4.85. The molecule has 1 aliphatic heterocycles. The number of carbonyl (C=O) groups excluding carboxylic acids is 1. The molecule has 0 bridgehead atoms. The first-order valence-corrected chi connectivity index (χ1v) is 6.31. The molecule has 0 aromatic carbocycles. The summed E-state index contributed by atoms with van der Waals surface area (Å²) in [6, 6.07) is -0.113. The van der Waals surface area contributed by atoms with Crippen LogP contribution < -0.4 is 5.73 Å².